The molecule has 0 unspecified atom stereocenters. The Morgan fingerprint density at radius 2 is 2.33 bits per heavy atom. The van der Waals surface area contributed by atoms with Gasteiger partial charge in [0.05, 0.1) is 12.2 Å². The van der Waals surface area contributed by atoms with Gasteiger partial charge in [-0.3, -0.25) is 4.79 Å². The number of benzene rings is 1. The van der Waals surface area contributed by atoms with Crippen LogP contribution in [0.15, 0.2) is 18.2 Å². The third kappa shape index (κ3) is 2.64. The molecule has 0 amide bonds. The van der Waals surface area contributed by atoms with E-state index in [1.165, 1.54) is 0 Å². The highest BCUT2D eigenvalue weighted by atomic mass is 16.5. The third-order valence-electron chi connectivity index (χ3n) is 3.11. The smallest absolute Gasteiger partial charge is 0.164 e. The predicted molar refractivity (Wildman–Crippen MR) is 72.4 cm³/mol. The van der Waals surface area contributed by atoms with Crippen molar-refractivity contribution < 1.29 is 9.53 Å². The van der Waals surface area contributed by atoms with Gasteiger partial charge in [0.25, 0.3) is 0 Å². The van der Waals surface area contributed by atoms with Gasteiger partial charge in [-0.2, -0.15) is 0 Å². The third-order valence-corrected chi connectivity index (χ3v) is 3.11. The summed E-state index contributed by atoms with van der Waals surface area (Å²) in [6, 6.07) is 5.65. The van der Waals surface area contributed by atoms with Crippen molar-refractivity contribution in [1.82, 2.24) is 0 Å². The Hall–Kier alpha value is -1.55. The van der Waals surface area contributed by atoms with Gasteiger partial charge in [0, 0.05) is 18.5 Å². The molecule has 0 atom stereocenters. The van der Waals surface area contributed by atoms with Crippen LogP contribution in [0.5, 0.6) is 5.75 Å². The molecule has 1 aliphatic heterocycles. The molecule has 0 aliphatic carbocycles. The number of nitrogens with two attached hydrogens (primary N) is 1. The molecule has 2 rings (SSSR count). The van der Waals surface area contributed by atoms with Crippen molar-refractivity contribution in [3.05, 3.63) is 23.8 Å². The Labute approximate surface area is 108 Å². The van der Waals surface area contributed by atoms with E-state index in [9.17, 15) is 4.79 Å². The largest absolute Gasteiger partial charge is 0.490 e. The summed E-state index contributed by atoms with van der Waals surface area (Å²) in [4.78, 5) is 14.1. The minimum absolute atomic E-state index is 0.0994. The second-order valence-electron chi connectivity index (χ2n) is 4.48. The zero-order valence-electron chi connectivity index (χ0n) is 10.8. The van der Waals surface area contributed by atoms with Crippen molar-refractivity contribution in [2.45, 2.75) is 19.8 Å². The van der Waals surface area contributed by atoms with Gasteiger partial charge in [-0.15, -0.1) is 0 Å². The topological polar surface area (TPSA) is 55.6 Å². The molecule has 18 heavy (non-hydrogen) atoms. The monoisotopic (exact) mass is 248 g/mol. The molecule has 1 heterocycles. The van der Waals surface area contributed by atoms with Crippen LogP contribution >= 0.6 is 0 Å². The molecule has 0 bridgehead atoms. The van der Waals surface area contributed by atoms with E-state index < -0.39 is 0 Å². The Morgan fingerprint density at radius 1 is 1.50 bits per heavy atom. The number of anilines is 1. The van der Waals surface area contributed by atoms with E-state index in [4.69, 9.17) is 10.5 Å². The lowest BCUT2D eigenvalue weighted by molar-refractivity contribution is 0.0985. The summed E-state index contributed by atoms with van der Waals surface area (Å²) in [6.45, 7) is 5.13. The van der Waals surface area contributed by atoms with Crippen LogP contribution in [0.1, 0.15) is 30.1 Å². The number of carbonyl (C=O) groups is 1. The molecule has 0 aromatic heterocycles. The second kappa shape index (κ2) is 5.87. The molecule has 2 N–H and O–H groups in total. The van der Waals surface area contributed by atoms with Crippen molar-refractivity contribution in [1.29, 1.82) is 0 Å². The van der Waals surface area contributed by atoms with Gasteiger partial charge in [0.15, 0.2) is 5.78 Å². The van der Waals surface area contributed by atoms with Crippen LogP contribution in [0.4, 0.5) is 5.69 Å². The molecule has 0 radical (unpaired) electrons. The number of ether oxygens (including phenoxy) is 1. The maximum absolute atomic E-state index is 11.9. The highest BCUT2D eigenvalue weighted by molar-refractivity contribution is 5.97. The Morgan fingerprint density at radius 3 is 3.06 bits per heavy atom. The summed E-state index contributed by atoms with van der Waals surface area (Å²) in [5, 5.41) is 0. The number of nitrogens with zero attached hydrogens (tertiary/aromatic N) is 1. The molecule has 0 saturated heterocycles. The van der Waals surface area contributed by atoms with E-state index in [0.717, 1.165) is 36.5 Å². The number of fused-ring (bicyclic) bond motifs is 1. The lowest BCUT2D eigenvalue weighted by Crippen LogP contribution is -2.33. The maximum Gasteiger partial charge on any atom is 0.164 e. The fourth-order valence-corrected chi connectivity index (χ4v) is 2.22. The number of rotatable bonds is 5. The molecule has 0 spiro atoms. The SMILES string of the molecule is CCCN1CCOc2ccc(C(=O)CCN)cc21. The van der Waals surface area contributed by atoms with E-state index in [-0.39, 0.29) is 5.78 Å². The Balaban J connectivity index is 2.27. The van der Waals surface area contributed by atoms with E-state index in [2.05, 4.69) is 11.8 Å². The Kier molecular flexibility index (Phi) is 4.20. The average Bonchev–Trinajstić information content (AvgIpc) is 2.39. The molecule has 4 nitrogen and oxygen atoms in total. The molecular formula is C14H20N2O2. The normalized spacial score (nSPS) is 14.0. The van der Waals surface area contributed by atoms with Crippen LogP contribution in [0.3, 0.4) is 0 Å². The van der Waals surface area contributed by atoms with Crippen molar-refractivity contribution in [2.75, 3.05) is 31.1 Å². The van der Waals surface area contributed by atoms with Gasteiger partial charge in [-0.25, -0.2) is 0 Å². The summed E-state index contributed by atoms with van der Waals surface area (Å²) in [6.07, 6.45) is 1.48. The summed E-state index contributed by atoms with van der Waals surface area (Å²) in [5.41, 5.74) is 7.18. The van der Waals surface area contributed by atoms with E-state index in [0.29, 0.717) is 19.6 Å². The van der Waals surface area contributed by atoms with Crippen LogP contribution < -0.4 is 15.4 Å². The van der Waals surface area contributed by atoms with E-state index >= 15 is 0 Å². The van der Waals surface area contributed by atoms with Crippen molar-refractivity contribution in [3.8, 4) is 5.75 Å². The van der Waals surface area contributed by atoms with Gasteiger partial charge in [0.2, 0.25) is 0 Å². The molecule has 98 valence electrons. The minimum Gasteiger partial charge on any atom is -0.490 e. The number of carbonyl (C=O) groups excluding carboxylic acids is 1. The first kappa shape index (κ1) is 12.9. The van der Waals surface area contributed by atoms with Crippen LogP contribution in [0.25, 0.3) is 0 Å². The molecule has 1 aromatic rings. The highest BCUT2D eigenvalue weighted by Gasteiger charge is 2.19. The first-order chi connectivity index (χ1) is 8.76. The lowest BCUT2D eigenvalue weighted by Gasteiger charge is -2.31. The fraction of sp³-hybridized carbons (Fsp3) is 0.500. The molecule has 1 aliphatic rings. The first-order valence-electron chi connectivity index (χ1n) is 6.51. The second-order valence-corrected chi connectivity index (χ2v) is 4.48. The van der Waals surface area contributed by atoms with Crippen molar-refractivity contribution in [3.63, 3.8) is 0 Å². The fourth-order valence-electron chi connectivity index (χ4n) is 2.22. The van der Waals surface area contributed by atoms with E-state index in [1.54, 1.807) is 0 Å². The highest BCUT2D eigenvalue weighted by Crippen LogP contribution is 2.32. The molecule has 0 saturated carbocycles. The molecule has 4 heteroatoms. The molecular weight excluding hydrogens is 228 g/mol. The number of Topliss-reactive ketones (excluding diaryl/α,β-unsaturated/α-hetero) is 1. The van der Waals surface area contributed by atoms with Crippen LogP contribution in [-0.4, -0.2) is 32.0 Å². The molecule has 1 aromatic carbocycles. The van der Waals surface area contributed by atoms with Gasteiger partial charge in [0.1, 0.15) is 12.4 Å². The van der Waals surface area contributed by atoms with Gasteiger partial charge < -0.3 is 15.4 Å². The number of hydrogen-bond donors (Lipinski definition) is 1. The zero-order chi connectivity index (χ0) is 13.0. The molecule has 0 fully saturated rings. The van der Waals surface area contributed by atoms with E-state index in [1.807, 2.05) is 18.2 Å². The van der Waals surface area contributed by atoms with Gasteiger partial charge >= 0.3 is 0 Å². The zero-order valence-corrected chi connectivity index (χ0v) is 10.8. The Bertz CT molecular complexity index is 432. The van der Waals surface area contributed by atoms with Crippen LogP contribution in [0.2, 0.25) is 0 Å². The number of ketones is 1. The quantitative estimate of drug-likeness (QED) is 0.808. The standard InChI is InChI=1S/C14H20N2O2/c1-2-7-16-8-9-18-14-4-3-11(10-12(14)16)13(17)5-6-15/h3-4,10H,2,5-9,15H2,1H3. The average molecular weight is 248 g/mol. The summed E-state index contributed by atoms with van der Waals surface area (Å²) < 4.78 is 5.62. The van der Waals surface area contributed by atoms with Gasteiger partial charge in [-0.05, 0) is 31.2 Å². The van der Waals surface area contributed by atoms with Crippen LogP contribution in [-0.2, 0) is 0 Å². The summed E-state index contributed by atoms with van der Waals surface area (Å²) in [5.74, 6) is 0.973. The summed E-state index contributed by atoms with van der Waals surface area (Å²) >= 11 is 0. The van der Waals surface area contributed by atoms with Gasteiger partial charge in [-0.1, -0.05) is 6.92 Å². The first-order valence-corrected chi connectivity index (χ1v) is 6.51. The van der Waals surface area contributed by atoms with Crippen molar-refractivity contribution in [2.24, 2.45) is 5.73 Å². The van der Waals surface area contributed by atoms with Crippen molar-refractivity contribution >= 4 is 11.5 Å². The van der Waals surface area contributed by atoms with Crippen LogP contribution in [0, 0.1) is 0 Å². The number of hydrogen-bond acceptors (Lipinski definition) is 4. The predicted octanol–water partition coefficient (Wildman–Crippen LogP) is 1.83. The minimum atomic E-state index is 0.0994. The summed E-state index contributed by atoms with van der Waals surface area (Å²) in [7, 11) is 0. The lowest BCUT2D eigenvalue weighted by atomic mass is 10.1. The maximum atomic E-state index is 11.9.